The number of halogens is 2. The molecule has 0 amide bonds. The first-order chi connectivity index (χ1) is 9.86. The number of sulfonamides is 1. The fourth-order valence-electron chi connectivity index (χ4n) is 2.27. The van der Waals surface area contributed by atoms with E-state index in [-0.39, 0.29) is 16.0 Å². The monoisotopic (exact) mass is 352 g/mol. The molecule has 5 nitrogen and oxygen atoms in total. The highest BCUT2D eigenvalue weighted by atomic mass is 35.5. The minimum atomic E-state index is -3.68. The SMILES string of the molecule is CNCc1cc(Cl)cc(S(=O)(=O)N2CCOC(C)C2)c1Cl. The van der Waals surface area contributed by atoms with Crippen molar-refractivity contribution in [2.45, 2.75) is 24.5 Å². The van der Waals surface area contributed by atoms with Crippen molar-refractivity contribution in [1.82, 2.24) is 9.62 Å². The normalized spacial score (nSPS) is 20.7. The molecule has 21 heavy (non-hydrogen) atoms. The zero-order valence-corrected chi connectivity index (χ0v) is 14.2. The highest BCUT2D eigenvalue weighted by molar-refractivity contribution is 7.89. The Morgan fingerprint density at radius 2 is 2.14 bits per heavy atom. The summed E-state index contributed by atoms with van der Waals surface area (Å²) in [5.74, 6) is 0. The lowest BCUT2D eigenvalue weighted by Crippen LogP contribution is -2.44. The van der Waals surface area contributed by atoms with Gasteiger partial charge < -0.3 is 10.1 Å². The standard InChI is InChI=1S/C13H18Cl2N2O3S/c1-9-8-17(3-4-20-9)21(18,19)12-6-11(14)5-10(7-16-2)13(12)15/h5-6,9,16H,3-4,7-8H2,1-2H3. The first kappa shape index (κ1) is 17.0. The van der Waals surface area contributed by atoms with Gasteiger partial charge in [-0.15, -0.1) is 0 Å². The van der Waals surface area contributed by atoms with E-state index in [4.69, 9.17) is 27.9 Å². The Balaban J connectivity index is 2.44. The molecule has 1 atom stereocenters. The van der Waals surface area contributed by atoms with Gasteiger partial charge in [0, 0.05) is 24.7 Å². The summed E-state index contributed by atoms with van der Waals surface area (Å²) in [4.78, 5) is 0.0519. The van der Waals surface area contributed by atoms with E-state index < -0.39 is 10.0 Å². The number of hydrogen-bond donors (Lipinski definition) is 1. The van der Waals surface area contributed by atoms with Crippen LogP contribution >= 0.6 is 23.2 Å². The predicted molar refractivity (Wildman–Crippen MR) is 83.4 cm³/mol. The first-order valence-corrected chi connectivity index (χ1v) is 8.80. The van der Waals surface area contributed by atoms with Crippen molar-refractivity contribution < 1.29 is 13.2 Å². The first-order valence-electron chi connectivity index (χ1n) is 6.60. The van der Waals surface area contributed by atoms with Gasteiger partial charge in [0.25, 0.3) is 0 Å². The zero-order chi connectivity index (χ0) is 15.6. The molecule has 0 bridgehead atoms. The minimum Gasteiger partial charge on any atom is -0.376 e. The molecule has 1 aromatic carbocycles. The van der Waals surface area contributed by atoms with Gasteiger partial charge in [0.1, 0.15) is 4.90 Å². The van der Waals surface area contributed by atoms with Gasteiger partial charge in [-0.3, -0.25) is 0 Å². The molecule has 1 aliphatic rings. The van der Waals surface area contributed by atoms with E-state index in [1.807, 2.05) is 6.92 Å². The average molecular weight is 353 g/mol. The Hall–Kier alpha value is -0.370. The summed E-state index contributed by atoms with van der Waals surface area (Å²) in [6.07, 6.45) is -0.136. The maximum absolute atomic E-state index is 12.8. The Bertz CT molecular complexity index is 622. The van der Waals surface area contributed by atoms with Gasteiger partial charge >= 0.3 is 0 Å². The van der Waals surface area contributed by atoms with Crippen LogP contribution in [0.5, 0.6) is 0 Å². The number of rotatable bonds is 4. The van der Waals surface area contributed by atoms with Crippen LogP contribution in [0.25, 0.3) is 0 Å². The van der Waals surface area contributed by atoms with Crippen LogP contribution in [0.2, 0.25) is 10.0 Å². The van der Waals surface area contributed by atoms with Gasteiger partial charge in [0.2, 0.25) is 10.0 Å². The summed E-state index contributed by atoms with van der Waals surface area (Å²) >= 11 is 12.3. The molecule has 0 radical (unpaired) electrons. The Labute approximate surface area is 135 Å². The van der Waals surface area contributed by atoms with Gasteiger partial charge in [-0.25, -0.2) is 8.42 Å². The molecule has 1 fully saturated rings. The van der Waals surface area contributed by atoms with Crippen LogP contribution in [0.4, 0.5) is 0 Å². The third kappa shape index (κ3) is 3.70. The zero-order valence-electron chi connectivity index (χ0n) is 11.9. The van der Waals surface area contributed by atoms with Crippen LogP contribution in [0.3, 0.4) is 0 Å². The van der Waals surface area contributed by atoms with E-state index in [0.29, 0.717) is 36.8 Å². The summed E-state index contributed by atoms with van der Waals surface area (Å²) < 4.78 is 32.3. The summed E-state index contributed by atoms with van der Waals surface area (Å²) in [5.41, 5.74) is 0.659. The fraction of sp³-hybridized carbons (Fsp3) is 0.538. The van der Waals surface area contributed by atoms with Gasteiger partial charge in [0.15, 0.2) is 0 Å². The molecule has 0 aromatic heterocycles. The predicted octanol–water partition coefficient (Wildman–Crippen LogP) is 2.12. The highest BCUT2D eigenvalue weighted by Crippen LogP contribution is 2.32. The van der Waals surface area contributed by atoms with Crippen molar-refractivity contribution in [1.29, 1.82) is 0 Å². The molecule has 118 valence electrons. The maximum Gasteiger partial charge on any atom is 0.244 e. The molecule has 2 rings (SSSR count). The van der Waals surface area contributed by atoms with E-state index in [0.717, 1.165) is 0 Å². The van der Waals surface area contributed by atoms with Crippen LogP contribution in [-0.4, -0.2) is 45.6 Å². The molecule has 1 N–H and O–H groups in total. The molecule has 0 aliphatic carbocycles. The van der Waals surface area contributed by atoms with Crippen molar-refractivity contribution in [3.63, 3.8) is 0 Å². The van der Waals surface area contributed by atoms with Gasteiger partial charge in [-0.2, -0.15) is 4.31 Å². The smallest absolute Gasteiger partial charge is 0.244 e. The Morgan fingerprint density at radius 1 is 1.43 bits per heavy atom. The second-order valence-corrected chi connectivity index (χ2v) is 7.67. The van der Waals surface area contributed by atoms with Crippen LogP contribution in [0.1, 0.15) is 12.5 Å². The van der Waals surface area contributed by atoms with E-state index in [2.05, 4.69) is 5.32 Å². The van der Waals surface area contributed by atoms with E-state index >= 15 is 0 Å². The van der Waals surface area contributed by atoms with E-state index in [1.165, 1.54) is 10.4 Å². The molecular formula is C13H18Cl2N2O3S. The molecular weight excluding hydrogens is 335 g/mol. The van der Waals surface area contributed by atoms with Crippen molar-refractivity contribution in [2.75, 3.05) is 26.7 Å². The summed E-state index contributed by atoms with van der Waals surface area (Å²) in [6.45, 7) is 3.29. The number of nitrogens with one attached hydrogen (secondary N) is 1. The Morgan fingerprint density at radius 3 is 2.76 bits per heavy atom. The van der Waals surface area contributed by atoms with Crippen LogP contribution in [-0.2, 0) is 21.3 Å². The second kappa shape index (κ2) is 6.81. The van der Waals surface area contributed by atoms with Crippen LogP contribution in [0, 0.1) is 0 Å². The average Bonchev–Trinajstić information content (AvgIpc) is 2.42. The number of morpholine rings is 1. The minimum absolute atomic E-state index is 0.0519. The number of hydrogen-bond acceptors (Lipinski definition) is 4. The number of ether oxygens (including phenoxy) is 1. The third-order valence-corrected chi connectivity index (χ3v) is 5.93. The Kier molecular flexibility index (Phi) is 5.51. The van der Waals surface area contributed by atoms with E-state index in [9.17, 15) is 8.42 Å². The third-order valence-electron chi connectivity index (χ3n) is 3.27. The number of nitrogens with zero attached hydrogens (tertiary/aromatic N) is 1. The van der Waals surface area contributed by atoms with Crippen LogP contribution in [0.15, 0.2) is 17.0 Å². The maximum atomic E-state index is 12.8. The van der Waals surface area contributed by atoms with Gasteiger partial charge in [0.05, 0.1) is 17.7 Å². The molecule has 8 heteroatoms. The molecule has 1 saturated heterocycles. The quantitative estimate of drug-likeness (QED) is 0.901. The van der Waals surface area contributed by atoms with Crippen molar-refractivity contribution in [3.8, 4) is 0 Å². The molecule has 1 aromatic rings. The lowest BCUT2D eigenvalue weighted by molar-refractivity contribution is 0.0102. The molecule has 1 unspecified atom stereocenters. The lowest BCUT2D eigenvalue weighted by atomic mass is 10.2. The van der Waals surface area contributed by atoms with Gasteiger partial charge in [-0.1, -0.05) is 23.2 Å². The second-order valence-electron chi connectivity index (χ2n) is 4.95. The molecule has 1 heterocycles. The van der Waals surface area contributed by atoms with E-state index in [1.54, 1.807) is 13.1 Å². The van der Waals surface area contributed by atoms with Crippen molar-refractivity contribution in [3.05, 3.63) is 27.7 Å². The lowest BCUT2D eigenvalue weighted by Gasteiger charge is -2.30. The molecule has 0 spiro atoms. The molecule has 0 saturated carbocycles. The largest absolute Gasteiger partial charge is 0.376 e. The van der Waals surface area contributed by atoms with Crippen LogP contribution < -0.4 is 5.32 Å². The topological polar surface area (TPSA) is 58.6 Å². The van der Waals surface area contributed by atoms with Gasteiger partial charge in [-0.05, 0) is 31.7 Å². The highest BCUT2D eigenvalue weighted by Gasteiger charge is 2.31. The summed E-state index contributed by atoms with van der Waals surface area (Å²) in [7, 11) is -1.92. The van der Waals surface area contributed by atoms with Crippen molar-refractivity contribution in [2.24, 2.45) is 0 Å². The summed E-state index contributed by atoms with van der Waals surface area (Å²) in [6, 6.07) is 3.07. The fourth-order valence-corrected chi connectivity index (χ4v) is 4.68. The molecule has 1 aliphatic heterocycles. The van der Waals surface area contributed by atoms with Crippen molar-refractivity contribution >= 4 is 33.2 Å². The summed E-state index contributed by atoms with van der Waals surface area (Å²) in [5, 5.41) is 3.51. The number of benzene rings is 1.